The quantitative estimate of drug-likeness (QED) is 0.251. The molecule has 2 amide bonds. The summed E-state index contributed by atoms with van der Waals surface area (Å²) in [6, 6.07) is 17.3. The number of imide groups is 1. The molecule has 3 aromatic rings. The fraction of sp³-hybridized carbons (Fsp3) is 0.231. The maximum atomic E-state index is 13.7. The molecule has 0 unspecified atom stereocenters. The van der Waals surface area contributed by atoms with Crippen molar-refractivity contribution in [1.82, 2.24) is 4.90 Å². The number of likely N-dealkylation sites (tertiary alicyclic amines) is 1. The zero-order valence-corrected chi connectivity index (χ0v) is 21.2. The van der Waals surface area contributed by atoms with Gasteiger partial charge in [-0.25, -0.2) is 5.06 Å². The van der Waals surface area contributed by atoms with Gasteiger partial charge in [0.15, 0.2) is 17.6 Å². The van der Waals surface area contributed by atoms with Gasteiger partial charge < -0.3 is 9.84 Å². The highest BCUT2D eigenvalue weighted by atomic mass is 79.9. The molecule has 2 saturated heterocycles. The largest absolute Gasteiger partial charge is 0.503 e. The lowest BCUT2D eigenvalue weighted by atomic mass is 9.90. The fourth-order valence-electron chi connectivity index (χ4n) is 4.73. The van der Waals surface area contributed by atoms with Crippen LogP contribution in [0, 0.1) is 16.0 Å². The number of amides is 2. The Morgan fingerprint density at radius 3 is 2.54 bits per heavy atom. The Labute approximate surface area is 220 Å². The summed E-state index contributed by atoms with van der Waals surface area (Å²) in [4.78, 5) is 45.2. The van der Waals surface area contributed by atoms with E-state index in [1.165, 1.54) is 28.2 Å². The number of halogens is 1. The molecule has 0 radical (unpaired) electrons. The van der Waals surface area contributed by atoms with Crippen LogP contribution < -0.4 is 9.80 Å². The van der Waals surface area contributed by atoms with E-state index >= 15 is 0 Å². The van der Waals surface area contributed by atoms with E-state index in [9.17, 15) is 24.8 Å². The second kappa shape index (κ2) is 9.83. The number of rotatable bonds is 7. The second-order valence-corrected chi connectivity index (χ2v) is 9.48. The van der Waals surface area contributed by atoms with Gasteiger partial charge in [0.2, 0.25) is 5.91 Å². The number of phenolic OH excluding ortho intramolecular Hbond substituents is 1. The average molecular weight is 568 g/mol. The van der Waals surface area contributed by atoms with E-state index in [4.69, 9.17) is 9.57 Å². The van der Waals surface area contributed by atoms with Crippen LogP contribution in [0.5, 0.6) is 11.5 Å². The number of aromatic hydroxyl groups is 1. The Bertz CT molecular complexity index is 1380. The summed E-state index contributed by atoms with van der Waals surface area (Å²) in [6.45, 7) is 2.15. The van der Waals surface area contributed by atoms with Gasteiger partial charge in [-0.1, -0.05) is 36.4 Å². The number of hydrogen-bond donors (Lipinski definition) is 1. The summed E-state index contributed by atoms with van der Waals surface area (Å²) in [6.07, 6.45) is -1.12. The topological polar surface area (TPSA) is 122 Å². The van der Waals surface area contributed by atoms with Crippen molar-refractivity contribution in [3.05, 3.63) is 92.4 Å². The van der Waals surface area contributed by atoms with E-state index in [0.717, 1.165) is 5.56 Å². The van der Waals surface area contributed by atoms with Crippen LogP contribution in [-0.4, -0.2) is 39.5 Å². The third-order valence-electron chi connectivity index (χ3n) is 6.38. The van der Waals surface area contributed by atoms with E-state index in [1.54, 1.807) is 25.1 Å². The minimum absolute atomic E-state index is 0.0991. The highest BCUT2D eigenvalue weighted by molar-refractivity contribution is 9.10. The number of hydrogen-bond acceptors (Lipinski definition) is 8. The molecule has 0 aromatic heterocycles. The third kappa shape index (κ3) is 4.40. The summed E-state index contributed by atoms with van der Waals surface area (Å²) < 4.78 is 5.91. The van der Waals surface area contributed by atoms with Crippen molar-refractivity contribution in [2.75, 3.05) is 11.7 Å². The number of carbonyl (C=O) groups excluding carboxylic acids is 2. The Kier molecular flexibility index (Phi) is 6.57. The van der Waals surface area contributed by atoms with Crippen molar-refractivity contribution < 1.29 is 29.2 Å². The maximum absolute atomic E-state index is 13.7. The van der Waals surface area contributed by atoms with Crippen LogP contribution in [-0.2, 0) is 21.0 Å². The summed E-state index contributed by atoms with van der Waals surface area (Å²) in [5, 5.41) is 23.2. The normalized spacial score (nSPS) is 20.9. The molecule has 2 aliphatic rings. The molecule has 3 aromatic carbocycles. The van der Waals surface area contributed by atoms with Crippen LogP contribution in [0.2, 0.25) is 0 Å². The SMILES string of the molecule is CCOc1cc([C@H]2[C@@H]3C(=O)N(Cc4ccccc4)C(=O)[C@H]3ON2c2cccc([N+](=O)[O-])c2)cc(Br)c1O. The lowest BCUT2D eigenvalue weighted by molar-refractivity contribution is -0.384. The molecule has 11 heteroatoms. The van der Waals surface area contributed by atoms with Crippen molar-refractivity contribution in [3.8, 4) is 11.5 Å². The molecule has 3 atom stereocenters. The molecule has 5 rings (SSSR count). The number of anilines is 1. The number of carbonyl (C=O) groups is 2. The molecule has 0 spiro atoms. The molecular weight excluding hydrogens is 546 g/mol. The molecule has 37 heavy (non-hydrogen) atoms. The first-order valence-corrected chi connectivity index (χ1v) is 12.3. The molecule has 2 fully saturated rings. The first-order valence-electron chi connectivity index (χ1n) is 11.5. The molecule has 1 N–H and O–H groups in total. The highest BCUT2D eigenvalue weighted by Crippen LogP contribution is 2.49. The highest BCUT2D eigenvalue weighted by Gasteiger charge is 2.60. The standard InChI is InChI=1S/C26H22BrN3O7/c1-2-36-20-12-16(11-19(27)23(20)31)22-21-24(37-29(22)17-9-6-10-18(13-17)30(34)35)26(33)28(25(21)32)14-15-7-4-3-5-8-15/h3-13,21-22,24,31H,2,14H2,1H3/t21-,22-,24-/m0/s1. The van der Waals surface area contributed by atoms with Crippen molar-refractivity contribution in [2.45, 2.75) is 25.6 Å². The number of ether oxygens (including phenoxy) is 1. The average Bonchev–Trinajstić information content (AvgIpc) is 3.39. The molecule has 2 aliphatic heterocycles. The zero-order valence-electron chi connectivity index (χ0n) is 19.6. The number of non-ortho nitro benzene ring substituents is 1. The van der Waals surface area contributed by atoms with Crippen molar-refractivity contribution in [2.24, 2.45) is 5.92 Å². The van der Waals surface area contributed by atoms with Gasteiger partial charge in [0.05, 0.1) is 34.3 Å². The van der Waals surface area contributed by atoms with Crippen LogP contribution in [0.1, 0.15) is 24.1 Å². The first kappa shape index (κ1) is 24.7. The maximum Gasteiger partial charge on any atom is 0.271 e. The monoisotopic (exact) mass is 567 g/mol. The zero-order chi connectivity index (χ0) is 26.3. The summed E-state index contributed by atoms with van der Waals surface area (Å²) in [7, 11) is 0. The van der Waals surface area contributed by atoms with Crippen LogP contribution in [0.15, 0.2) is 71.2 Å². The van der Waals surface area contributed by atoms with Gasteiger partial charge in [-0.3, -0.25) is 29.4 Å². The number of nitro groups is 1. The number of fused-ring (bicyclic) bond motifs is 1. The van der Waals surface area contributed by atoms with Gasteiger partial charge in [0.1, 0.15) is 5.92 Å². The summed E-state index contributed by atoms with van der Waals surface area (Å²) >= 11 is 3.34. The van der Waals surface area contributed by atoms with E-state index in [0.29, 0.717) is 15.7 Å². The molecule has 0 aliphatic carbocycles. The second-order valence-electron chi connectivity index (χ2n) is 8.63. The first-order chi connectivity index (χ1) is 17.8. The van der Waals surface area contributed by atoms with E-state index in [-0.39, 0.29) is 30.3 Å². The van der Waals surface area contributed by atoms with Crippen LogP contribution in [0.25, 0.3) is 0 Å². The van der Waals surface area contributed by atoms with Gasteiger partial charge in [-0.05, 0) is 52.2 Å². The minimum Gasteiger partial charge on any atom is -0.503 e. The Balaban J connectivity index is 1.59. The molecule has 0 saturated carbocycles. The smallest absolute Gasteiger partial charge is 0.271 e. The van der Waals surface area contributed by atoms with Crippen molar-refractivity contribution in [3.63, 3.8) is 0 Å². The molecule has 10 nitrogen and oxygen atoms in total. The molecule has 2 heterocycles. The van der Waals surface area contributed by atoms with Gasteiger partial charge >= 0.3 is 0 Å². The Morgan fingerprint density at radius 1 is 1.08 bits per heavy atom. The lowest BCUT2D eigenvalue weighted by Gasteiger charge is -2.29. The van der Waals surface area contributed by atoms with Gasteiger partial charge in [-0.2, -0.15) is 0 Å². The molecule has 0 bridgehead atoms. The lowest BCUT2D eigenvalue weighted by Crippen LogP contribution is -2.37. The fourth-order valence-corrected chi connectivity index (χ4v) is 5.19. The number of hydroxylamine groups is 1. The van der Waals surface area contributed by atoms with Crippen molar-refractivity contribution in [1.29, 1.82) is 0 Å². The number of benzene rings is 3. The van der Waals surface area contributed by atoms with Crippen LogP contribution >= 0.6 is 15.9 Å². The summed E-state index contributed by atoms with van der Waals surface area (Å²) in [5.74, 6) is -1.75. The van der Waals surface area contributed by atoms with E-state index in [1.807, 2.05) is 30.3 Å². The number of phenols is 1. The predicted molar refractivity (Wildman–Crippen MR) is 136 cm³/mol. The van der Waals surface area contributed by atoms with E-state index in [2.05, 4.69) is 15.9 Å². The molecule has 190 valence electrons. The Hall–Kier alpha value is -3.96. The van der Waals surface area contributed by atoms with Gasteiger partial charge in [-0.15, -0.1) is 0 Å². The van der Waals surface area contributed by atoms with Crippen molar-refractivity contribution >= 4 is 39.1 Å². The minimum atomic E-state index is -1.12. The molecular formula is C26H22BrN3O7. The van der Waals surface area contributed by atoms with Crippen LogP contribution in [0.4, 0.5) is 11.4 Å². The third-order valence-corrected chi connectivity index (χ3v) is 6.98. The summed E-state index contributed by atoms with van der Waals surface area (Å²) in [5.41, 5.74) is 1.46. The van der Waals surface area contributed by atoms with Gasteiger partial charge in [0.25, 0.3) is 11.6 Å². The number of nitrogens with zero attached hydrogens (tertiary/aromatic N) is 3. The van der Waals surface area contributed by atoms with E-state index < -0.39 is 34.8 Å². The predicted octanol–water partition coefficient (Wildman–Crippen LogP) is 4.51. The van der Waals surface area contributed by atoms with Gasteiger partial charge in [0, 0.05) is 12.1 Å². The Morgan fingerprint density at radius 2 is 1.84 bits per heavy atom. The van der Waals surface area contributed by atoms with Crippen LogP contribution in [0.3, 0.4) is 0 Å². The number of nitro benzene ring substituents is 1.